The third-order valence-corrected chi connectivity index (χ3v) is 8.96. The van der Waals surface area contributed by atoms with Crippen molar-refractivity contribution in [1.29, 1.82) is 0 Å². The Balaban J connectivity index is 1.13. The normalized spacial score (nSPS) is 12.8. The SMILES string of the molecule is CC(C)(C)OC(=O)NCCOCCOc1cc(F)ccc1-c1nnc(-c2ccc3c(c2)CCN(C(=O)OCc2ccccc2)C3)c2scc(F)c12. The van der Waals surface area contributed by atoms with Gasteiger partial charge in [-0.05, 0) is 62.1 Å². The van der Waals surface area contributed by atoms with Gasteiger partial charge in [0.1, 0.15) is 47.6 Å². The molecule has 3 aromatic carbocycles. The van der Waals surface area contributed by atoms with Gasteiger partial charge in [0.15, 0.2) is 0 Å². The molecule has 0 spiro atoms. The van der Waals surface area contributed by atoms with Gasteiger partial charge in [0.25, 0.3) is 0 Å². The van der Waals surface area contributed by atoms with Crippen molar-refractivity contribution < 1.29 is 37.3 Å². The summed E-state index contributed by atoms with van der Waals surface area (Å²) < 4.78 is 52.5. The Morgan fingerprint density at radius 2 is 1.75 bits per heavy atom. The van der Waals surface area contributed by atoms with Crippen LogP contribution in [0.2, 0.25) is 0 Å². The van der Waals surface area contributed by atoms with Crippen LogP contribution in [0.15, 0.2) is 72.1 Å². The number of amides is 2. The standard InChI is InChI=1S/C38H38F2N4O6S/c1-38(2,3)50-36(45)41-14-16-47-17-18-48-31-20-28(39)11-12-29(31)34-32-30(40)23-51-35(32)33(42-43-34)26-9-10-27-21-44(15-13-25(27)19-26)37(46)49-22-24-7-5-4-6-8-24/h4-12,19-20,23H,13-18,21-22H2,1-3H3,(H,41,45). The summed E-state index contributed by atoms with van der Waals surface area (Å²) in [7, 11) is 0. The van der Waals surface area contributed by atoms with Gasteiger partial charge >= 0.3 is 12.2 Å². The van der Waals surface area contributed by atoms with Crippen LogP contribution >= 0.6 is 11.3 Å². The predicted octanol–water partition coefficient (Wildman–Crippen LogP) is 7.92. The molecule has 0 saturated heterocycles. The predicted molar refractivity (Wildman–Crippen MR) is 189 cm³/mol. The van der Waals surface area contributed by atoms with Crippen molar-refractivity contribution in [2.75, 3.05) is 32.9 Å². The number of hydrogen-bond acceptors (Lipinski definition) is 9. The van der Waals surface area contributed by atoms with Gasteiger partial charge in [0.05, 0.1) is 23.3 Å². The first-order valence-electron chi connectivity index (χ1n) is 16.5. The highest BCUT2D eigenvalue weighted by atomic mass is 32.1. The number of alkyl carbamates (subject to hydrolysis) is 1. The van der Waals surface area contributed by atoms with Crippen LogP contribution in [0.5, 0.6) is 5.75 Å². The lowest BCUT2D eigenvalue weighted by atomic mass is 9.96. The Bertz CT molecular complexity index is 2020. The molecule has 10 nitrogen and oxygen atoms in total. The van der Waals surface area contributed by atoms with Gasteiger partial charge in [0.2, 0.25) is 0 Å². The van der Waals surface area contributed by atoms with E-state index >= 15 is 4.39 Å². The van der Waals surface area contributed by atoms with Gasteiger partial charge in [0, 0.05) is 42.2 Å². The lowest BCUT2D eigenvalue weighted by Crippen LogP contribution is -2.36. The Morgan fingerprint density at radius 1 is 0.941 bits per heavy atom. The molecular formula is C38H38F2N4O6S. The van der Waals surface area contributed by atoms with E-state index in [0.29, 0.717) is 35.5 Å². The van der Waals surface area contributed by atoms with E-state index in [1.54, 1.807) is 25.7 Å². The topological polar surface area (TPSA) is 112 Å². The summed E-state index contributed by atoms with van der Waals surface area (Å²) in [5.41, 5.74) is 4.29. The van der Waals surface area contributed by atoms with Crippen LogP contribution in [-0.2, 0) is 33.8 Å². The molecule has 5 aromatic rings. The van der Waals surface area contributed by atoms with Gasteiger partial charge in [-0.2, -0.15) is 0 Å². The second-order valence-electron chi connectivity index (χ2n) is 12.9. The van der Waals surface area contributed by atoms with Gasteiger partial charge < -0.3 is 29.2 Å². The Morgan fingerprint density at radius 3 is 2.55 bits per heavy atom. The number of benzene rings is 3. The Labute approximate surface area is 298 Å². The van der Waals surface area contributed by atoms with Crippen LogP contribution in [0, 0.1) is 11.6 Å². The van der Waals surface area contributed by atoms with E-state index in [1.165, 1.54) is 34.9 Å². The molecule has 13 heteroatoms. The first-order chi connectivity index (χ1) is 24.6. The van der Waals surface area contributed by atoms with Crippen molar-refractivity contribution in [2.24, 2.45) is 0 Å². The summed E-state index contributed by atoms with van der Waals surface area (Å²) in [6.45, 7) is 7.13. The zero-order valence-corrected chi connectivity index (χ0v) is 29.4. The first kappa shape index (κ1) is 35.7. The third-order valence-electron chi connectivity index (χ3n) is 8.00. The number of ether oxygens (including phenoxy) is 4. The minimum Gasteiger partial charge on any atom is -0.490 e. The summed E-state index contributed by atoms with van der Waals surface area (Å²) >= 11 is 1.21. The average Bonchev–Trinajstić information content (AvgIpc) is 3.50. The van der Waals surface area contributed by atoms with Crippen LogP contribution in [-0.4, -0.2) is 65.8 Å². The number of fused-ring (bicyclic) bond motifs is 2. The second kappa shape index (κ2) is 15.8. The molecule has 0 atom stereocenters. The molecule has 2 amide bonds. The number of rotatable bonds is 11. The van der Waals surface area contributed by atoms with Crippen LogP contribution in [0.4, 0.5) is 18.4 Å². The van der Waals surface area contributed by atoms with E-state index in [9.17, 15) is 14.0 Å². The number of nitrogens with zero attached hydrogens (tertiary/aromatic N) is 3. The summed E-state index contributed by atoms with van der Waals surface area (Å²) in [6, 6.07) is 19.4. The molecule has 51 heavy (non-hydrogen) atoms. The summed E-state index contributed by atoms with van der Waals surface area (Å²) in [5, 5.41) is 13.2. The van der Waals surface area contributed by atoms with E-state index in [0.717, 1.165) is 22.3 Å². The average molecular weight is 717 g/mol. The molecule has 0 aliphatic carbocycles. The minimum absolute atomic E-state index is 0.0704. The highest BCUT2D eigenvalue weighted by molar-refractivity contribution is 7.17. The monoisotopic (exact) mass is 716 g/mol. The molecule has 3 heterocycles. The number of hydrogen-bond donors (Lipinski definition) is 1. The smallest absolute Gasteiger partial charge is 0.410 e. The quantitative estimate of drug-likeness (QED) is 0.137. The van der Waals surface area contributed by atoms with Crippen molar-refractivity contribution in [3.05, 3.63) is 100 Å². The van der Waals surface area contributed by atoms with E-state index in [4.69, 9.17) is 18.9 Å². The van der Waals surface area contributed by atoms with Crippen LogP contribution in [0.1, 0.15) is 37.5 Å². The summed E-state index contributed by atoms with van der Waals surface area (Å²) in [6.07, 6.45) is -0.282. The molecule has 266 valence electrons. The van der Waals surface area contributed by atoms with E-state index in [1.807, 2.05) is 48.5 Å². The zero-order chi connectivity index (χ0) is 36.0. The molecule has 0 bridgehead atoms. The molecule has 0 saturated carbocycles. The van der Waals surface area contributed by atoms with Crippen LogP contribution in [0.3, 0.4) is 0 Å². The molecule has 6 rings (SSSR count). The van der Waals surface area contributed by atoms with Crippen molar-refractivity contribution >= 4 is 33.6 Å². The van der Waals surface area contributed by atoms with Gasteiger partial charge in [-0.25, -0.2) is 18.4 Å². The molecule has 2 aromatic heterocycles. The maximum absolute atomic E-state index is 15.5. The third kappa shape index (κ3) is 8.97. The van der Waals surface area contributed by atoms with Crippen molar-refractivity contribution in [2.45, 2.75) is 45.9 Å². The highest BCUT2D eigenvalue weighted by Gasteiger charge is 2.25. The Hall–Kier alpha value is -5.14. The number of thiophene rings is 1. The fourth-order valence-electron chi connectivity index (χ4n) is 5.63. The van der Waals surface area contributed by atoms with Crippen LogP contribution < -0.4 is 10.1 Å². The second-order valence-corrected chi connectivity index (χ2v) is 13.8. The molecular weight excluding hydrogens is 679 g/mol. The lowest BCUT2D eigenvalue weighted by molar-refractivity contribution is 0.0488. The molecule has 0 fully saturated rings. The largest absolute Gasteiger partial charge is 0.490 e. The number of nitrogens with one attached hydrogen (secondary N) is 1. The fraction of sp³-hybridized carbons (Fsp3) is 0.316. The molecule has 1 aliphatic heterocycles. The van der Waals surface area contributed by atoms with Crippen LogP contribution in [0.25, 0.3) is 32.6 Å². The van der Waals surface area contributed by atoms with Gasteiger partial charge in [-0.15, -0.1) is 21.5 Å². The molecule has 0 unspecified atom stereocenters. The zero-order valence-electron chi connectivity index (χ0n) is 28.5. The van der Waals surface area contributed by atoms with E-state index in [-0.39, 0.29) is 55.9 Å². The molecule has 0 radical (unpaired) electrons. The maximum Gasteiger partial charge on any atom is 0.410 e. The fourth-order valence-corrected chi connectivity index (χ4v) is 6.56. The number of carbonyl (C=O) groups is 2. The van der Waals surface area contributed by atoms with Gasteiger partial charge in [-0.1, -0.05) is 42.5 Å². The van der Waals surface area contributed by atoms with Crippen molar-refractivity contribution in [3.8, 4) is 28.3 Å². The number of aromatic nitrogens is 2. The molecule has 1 N–H and O–H groups in total. The highest BCUT2D eigenvalue weighted by Crippen LogP contribution is 2.41. The summed E-state index contributed by atoms with van der Waals surface area (Å²) in [4.78, 5) is 26.2. The first-order valence-corrected chi connectivity index (χ1v) is 17.4. The maximum atomic E-state index is 15.5. The molecule has 1 aliphatic rings. The van der Waals surface area contributed by atoms with Crippen molar-refractivity contribution in [3.63, 3.8) is 0 Å². The summed E-state index contributed by atoms with van der Waals surface area (Å²) in [5.74, 6) is -0.833. The number of halogens is 2. The lowest BCUT2D eigenvalue weighted by Gasteiger charge is -2.28. The Kier molecular flexibility index (Phi) is 11.1. The number of carbonyl (C=O) groups excluding carboxylic acids is 2. The van der Waals surface area contributed by atoms with E-state index in [2.05, 4.69) is 15.5 Å². The van der Waals surface area contributed by atoms with Gasteiger partial charge in [-0.3, -0.25) is 0 Å². The van der Waals surface area contributed by atoms with Crippen molar-refractivity contribution in [1.82, 2.24) is 20.4 Å². The minimum atomic E-state index is -0.600. The van der Waals surface area contributed by atoms with E-state index < -0.39 is 23.3 Å².